The monoisotopic (exact) mass is 435 g/mol. The van der Waals surface area contributed by atoms with Crippen LogP contribution in [0.15, 0.2) is 48.5 Å². The number of fused-ring (bicyclic) bond motifs is 1. The predicted molar refractivity (Wildman–Crippen MR) is 128 cm³/mol. The van der Waals surface area contributed by atoms with Crippen molar-refractivity contribution in [1.82, 2.24) is 19.4 Å². The van der Waals surface area contributed by atoms with Crippen molar-refractivity contribution in [2.75, 3.05) is 51.3 Å². The number of nitrogens with zero attached hydrogens (tertiary/aromatic N) is 4. The molecule has 1 fully saturated rings. The molecule has 32 heavy (non-hydrogen) atoms. The van der Waals surface area contributed by atoms with Gasteiger partial charge in [0.05, 0.1) is 24.2 Å². The lowest BCUT2D eigenvalue weighted by Gasteiger charge is -2.26. The zero-order valence-corrected chi connectivity index (χ0v) is 19.1. The first-order valence-electron chi connectivity index (χ1n) is 11.6. The van der Waals surface area contributed by atoms with Crippen molar-refractivity contribution < 1.29 is 9.53 Å². The molecule has 1 aromatic heterocycles. The maximum absolute atomic E-state index is 13.1. The van der Waals surface area contributed by atoms with Crippen molar-refractivity contribution in [2.45, 2.75) is 26.9 Å². The predicted octanol–water partition coefficient (Wildman–Crippen LogP) is 3.46. The minimum atomic E-state index is -0.131. The second-order valence-corrected chi connectivity index (χ2v) is 8.15. The molecule has 4 rings (SSSR count). The van der Waals surface area contributed by atoms with Gasteiger partial charge in [-0.25, -0.2) is 4.98 Å². The van der Waals surface area contributed by atoms with Gasteiger partial charge >= 0.3 is 0 Å². The molecule has 0 unspecified atom stereocenters. The smallest absolute Gasteiger partial charge is 0.257 e. The van der Waals surface area contributed by atoms with Gasteiger partial charge in [0.1, 0.15) is 0 Å². The molecule has 1 saturated heterocycles. The van der Waals surface area contributed by atoms with Gasteiger partial charge in [-0.3, -0.25) is 15.0 Å². The average Bonchev–Trinajstić information content (AvgIpc) is 3.17. The third kappa shape index (κ3) is 5.35. The van der Waals surface area contributed by atoms with Gasteiger partial charge < -0.3 is 14.2 Å². The van der Waals surface area contributed by atoms with E-state index in [4.69, 9.17) is 9.72 Å². The standard InChI is InChI=1S/C25H33N5O2/c1-3-28(4-2)12-13-30-23-11-6-5-10-22(23)26-25(30)27-24(31)21-9-7-8-20(18-21)19-29-14-16-32-17-15-29/h5-11,18H,3-4,12-17,19H2,1-2H3,(H,26,27,31). The molecular formula is C25H33N5O2. The first kappa shape index (κ1) is 22.5. The van der Waals surface area contributed by atoms with Gasteiger partial charge in [-0.1, -0.05) is 38.1 Å². The van der Waals surface area contributed by atoms with Crippen LogP contribution in [0.1, 0.15) is 29.8 Å². The van der Waals surface area contributed by atoms with E-state index in [-0.39, 0.29) is 5.91 Å². The number of hydrogen-bond acceptors (Lipinski definition) is 5. The van der Waals surface area contributed by atoms with Crippen molar-refractivity contribution in [3.05, 3.63) is 59.7 Å². The van der Waals surface area contributed by atoms with E-state index in [1.54, 1.807) is 0 Å². The van der Waals surface area contributed by atoms with Crippen LogP contribution in [0.5, 0.6) is 0 Å². The quantitative estimate of drug-likeness (QED) is 0.558. The SMILES string of the molecule is CCN(CC)CCn1c(NC(=O)c2cccc(CN3CCOCC3)c2)nc2ccccc21. The molecule has 1 amide bonds. The molecule has 7 heteroatoms. The molecule has 7 nitrogen and oxygen atoms in total. The van der Waals surface area contributed by atoms with E-state index in [1.807, 2.05) is 36.4 Å². The third-order valence-corrected chi connectivity index (χ3v) is 6.11. The highest BCUT2D eigenvalue weighted by Gasteiger charge is 2.16. The summed E-state index contributed by atoms with van der Waals surface area (Å²) < 4.78 is 7.55. The number of nitrogens with one attached hydrogen (secondary N) is 1. The Morgan fingerprint density at radius 2 is 1.88 bits per heavy atom. The number of benzene rings is 2. The number of amides is 1. The minimum absolute atomic E-state index is 0.131. The van der Waals surface area contributed by atoms with Gasteiger partial charge in [-0.05, 0) is 42.9 Å². The molecule has 1 N–H and O–H groups in total. The number of imidazole rings is 1. The second-order valence-electron chi connectivity index (χ2n) is 8.15. The van der Waals surface area contributed by atoms with E-state index in [1.165, 1.54) is 0 Å². The Kier molecular flexibility index (Phi) is 7.52. The van der Waals surface area contributed by atoms with Gasteiger partial charge in [-0.2, -0.15) is 0 Å². The number of carbonyl (C=O) groups excluding carboxylic acids is 1. The lowest BCUT2D eigenvalue weighted by Crippen LogP contribution is -2.35. The Hall–Kier alpha value is -2.74. The fraction of sp³-hybridized carbons (Fsp3) is 0.440. The summed E-state index contributed by atoms with van der Waals surface area (Å²) in [7, 11) is 0. The highest BCUT2D eigenvalue weighted by Crippen LogP contribution is 2.21. The lowest BCUT2D eigenvalue weighted by molar-refractivity contribution is 0.0342. The van der Waals surface area contributed by atoms with Crippen LogP contribution in [0.2, 0.25) is 0 Å². The Bertz CT molecular complexity index is 1040. The first-order chi connectivity index (χ1) is 15.7. The van der Waals surface area contributed by atoms with E-state index >= 15 is 0 Å². The van der Waals surface area contributed by atoms with Crippen LogP contribution >= 0.6 is 0 Å². The molecule has 0 atom stereocenters. The van der Waals surface area contributed by atoms with Gasteiger partial charge in [0.25, 0.3) is 5.91 Å². The van der Waals surface area contributed by atoms with E-state index in [0.29, 0.717) is 11.5 Å². The zero-order valence-electron chi connectivity index (χ0n) is 19.1. The maximum Gasteiger partial charge on any atom is 0.257 e. The van der Waals surface area contributed by atoms with Gasteiger partial charge in [0.2, 0.25) is 5.95 Å². The summed E-state index contributed by atoms with van der Waals surface area (Å²) in [6, 6.07) is 15.9. The molecule has 170 valence electrons. The molecule has 1 aliphatic rings. The Morgan fingerprint density at radius 3 is 2.66 bits per heavy atom. The summed E-state index contributed by atoms with van der Waals surface area (Å²) >= 11 is 0. The summed E-state index contributed by atoms with van der Waals surface area (Å²) in [5.74, 6) is 0.468. The topological polar surface area (TPSA) is 62.6 Å². The van der Waals surface area contributed by atoms with E-state index in [9.17, 15) is 4.79 Å². The fourth-order valence-corrected chi connectivity index (χ4v) is 4.18. The lowest BCUT2D eigenvalue weighted by atomic mass is 10.1. The van der Waals surface area contributed by atoms with Crippen LogP contribution in [-0.4, -0.2) is 71.2 Å². The Balaban J connectivity index is 1.52. The van der Waals surface area contributed by atoms with Crippen LogP contribution < -0.4 is 5.32 Å². The van der Waals surface area contributed by atoms with Crippen LogP contribution in [0, 0.1) is 0 Å². The molecule has 0 radical (unpaired) electrons. The Labute approximate surface area is 190 Å². The van der Waals surface area contributed by atoms with Crippen LogP contribution in [-0.2, 0) is 17.8 Å². The molecule has 3 aromatic rings. The van der Waals surface area contributed by atoms with Crippen molar-refractivity contribution >= 4 is 22.9 Å². The third-order valence-electron chi connectivity index (χ3n) is 6.11. The highest BCUT2D eigenvalue weighted by atomic mass is 16.5. The number of ether oxygens (including phenoxy) is 1. The maximum atomic E-state index is 13.1. The summed E-state index contributed by atoms with van der Waals surface area (Å²) in [6.07, 6.45) is 0. The van der Waals surface area contributed by atoms with Gasteiger partial charge in [0, 0.05) is 38.3 Å². The number of likely N-dealkylation sites (N-methyl/N-ethyl adjacent to an activating group) is 1. The molecule has 0 aliphatic carbocycles. The average molecular weight is 436 g/mol. The number of hydrogen-bond donors (Lipinski definition) is 1. The number of aromatic nitrogens is 2. The Morgan fingerprint density at radius 1 is 1.09 bits per heavy atom. The van der Waals surface area contributed by atoms with Crippen molar-refractivity contribution in [3.63, 3.8) is 0 Å². The van der Waals surface area contributed by atoms with Crippen LogP contribution in [0.25, 0.3) is 11.0 Å². The van der Waals surface area contributed by atoms with E-state index in [0.717, 1.165) is 75.6 Å². The molecular weight excluding hydrogens is 402 g/mol. The number of morpholine rings is 1. The minimum Gasteiger partial charge on any atom is -0.379 e. The largest absolute Gasteiger partial charge is 0.379 e. The normalized spacial score (nSPS) is 14.8. The summed E-state index contributed by atoms with van der Waals surface area (Å²) in [6.45, 7) is 12.2. The van der Waals surface area contributed by atoms with Crippen molar-refractivity contribution in [1.29, 1.82) is 0 Å². The van der Waals surface area contributed by atoms with Crippen LogP contribution in [0.3, 0.4) is 0 Å². The van der Waals surface area contributed by atoms with Gasteiger partial charge in [0.15, 0.2) is 0 Å². The highest BCUT2D eigenvalue weighted by molar-refractivity contribution is 6.04. The number of rotatable bonds is 9. The zero-order chi connectivity index (χ0) is 22.3. The molecule has 0 saturated carbocycles. The fourth-order valence-electron chi connectivity index (χ4n) is 4.18. The van der Waals surface area contributed by atoms with Crippen molar-refractivity contribution in [3.8, 4) is 0 Å². The summed E-state index contributed by atoms with van der Waals surface area (Å²) in [5.41, 5.74) is 3.71. The molecule has 0 spiro atoms. The van der Waals surface area contributed by atoms with E-state index in [2.05, 4.69) is 45.7 Å². The van der Waals surface area contributed by atoms with Crippen LogP contribution in [0.4, 0.5) is 5.95 Å². The second kappa shape index (κ2) is 10.7. The molecule has 2 aromatic carbocycles. The van der Waals surface area contributed by atoms with Crippen molar-refractivity contribution in [2.24, 2.45) is 0 Å². The number of anilines is 1. The summed E-state index contributed by atoms with van der Waals surface area (Å²) in [4.78, 5) is 22.6. The number of carbonyl (C=O) groups is 1. The number of para-hydroxylation sites is 2. The molecule has 0 bridgehead atoms. The molecule has 2 heterocycles. The van der Waals surface area contributed by atoms with Gasteiger partial charge in [-0.15, -0.1) is 0 Å². The van der Waals surface area contributed by atoms with E-state index < -0.39 is 0 Å². The summed E-state index contributed by atoms with van der Waals surface area (Å²) in [5, 5.41) is 3.07. The first-order valence-corrected chi connectivity index (χ1v) is 11.6. The molecule has 1 aliphatic heterocycles.